The Hall–Kier alpha value is -2.64. The summed E-state index contributed by atoms with van der Waals surface area (Å²) >= 11 is 3.98. The van der Waals surface area contributed by atoms with Crippen LogP contribution in [-0.4, -0.2) is 29.0 Å². The lowest BCUT2D eigenvalue weighted by Crippen LogP contribution is -2.20. The smallest absolute Gasteiger partial charge is 0.262 e. The van der Waals surface area contributed by atoms with Crippen molar-refractivity contribution >= 4 is 35.1 Å². The minimum absolute atomic E-state index is 0.0570. The molecule has 1 saturated heterocycles. The van der Waals surface area contributed by atoms with Crippen molar-refractivity contribution in [1.29, 1.82) is 0 Å². The second-order valence-electron chi connectivity index (χ2n) is 6.99. The number of aromatic nitrogens is 1. The Morgan fingerprint density at radius 3 is 2.45 bits per heavy atom. The number of benzene rings is 2. The molecule has 0 bridgehead atoms. The van der Waals surface area contributed by atoms with Gasteiger partial charge in [0.05, 0.1) is 16.5 Å². The molecule has 0 atom stereocenters. The van der Waals surface area contributed by atoms with Crippen LogP contribution in [0.4, 0.5) is 5.69 Å². The maximum absolute atomic E-state index is 12.2. The number of carbonyl (C=O) groups is 1. The molecule has 31 heavy (non-hydrogen) atoms. The van der Waals surface area contributed by atoms with Crippen molar-refractivity contribution in [3.63, 3.8) is 0 Å². The number of hydrogen-bond donors (Lipinski definition) is 1. The second kappa shape index (κ2) is 11.1. The fourth-order valence-electron chi connectivity index (χ4n) is 3.02. The van der Waals surface area contributed by atoms with E-state index in [-0.39, 0.29) is 12.5 Å². The normalized spacial score (nSPS) is 14.1. The molecule has 2 aromatic carbocycles. The fraction of sp³-hybridized carbons (Fsp3) is 0.250. The van der Waals surface area contributed by atoms with Crippen molar-refractivity contribution < 1.29 is 14.3 Å². The highest BCUT2D eigenvalue weighted by Crippen LogP contribution is 2.43. The van der Waals surface area contributed by atoms with Crippen LogP contribution in [0, 0.1) is 0 Å². The molecule has 1 aliphatic heterocycles. The van der Waals surface area contributed by atoms with Gasteiger partial charge in [0.25, 0.3) is 5.91 Å². The van der Waals surface area contributed by atoms with Crippen LogP contribution in [0.2, 0.25) is 0 Å². The number of anilines is 1. The van der Waals surface area contributed by atoms with Crippen molar-refractivity contribution in [3.8, 4) is 11.6 Å². The highest BCUT2D eigenvalue weighted by atomic mass is 32.2. The molecule has 1 aromatic heterocycles. The molecule has 2 heterocycles. The summed E-state index contributed by atoms with van der Waals surface area (Å²) in [4.78, 5) is 16.4. The maximum Gasteiger partial charge on any atom is 0.262 e. The highest BCUT2D eigenvalue weighted by molar-refractivity contribution is 8.16. The van der Waals surface area contributed by atoms with Crippen molar-refractivity contribution in [2.45, 2.75) is 17.6 Å². The number of thioether (sulfide) groups is 2. The van der Waals surface area contributed by atoms with Gasteiger partial charge in [0.15, 0.2) is 6.61 Å². The fourth-order valence-corrected chi connectivity index (χ4v) is 5.91. The number of nitrogens with one attached hydrogen (secondary N) is 1. The van der Waals surface area contributed by atoms with Gasteiger partial charge in [-0.05, 0) is 47.3 Å². The third-order valence-electron chi connectivity index (χ3n) is 4.60. The molecule has 0 aliphatic carbocycles. The van der Waals surface area contributed by atoms with E-state index in [1.54, 1.807) is 18.3 Å². The first kappa shape index (κ1) is 21.6. The quantitative estimate of drug-likeness (QED) is 0.484. The summed E-state index contributed by atoms with van der Waals surface area (Å²) in [5.41, 5.74) is 2.97. The standard InChI is InChI=1S/C24H24N2O3S2/c27-22(17-28-21-10-7-19(8-11-21)24-30-13-4-14-31-24)26-20-9-12-23(25-15-20)29-16-18-5-2-1-3-6-18/h1-3,5-12,15,24H,4,13-14,16-17H2,(H,26,27). The molecule has 0 unspecified atom stereocenters. The number of rotatable bonds is 8. The molecule has 1 fully saturated rings. The minimum Gasteiger partial charge on any atom is -0.484 e. The van der Waals surface area contributed by atoms with Crippen LogP contribution in [0.1, 0.15) is 22.1 Å². The molecule has 0 radical (unpaired) electrons. The highest BCUT2D eigenvalue weighted by Gasteiger charge is 2.16. The van der Waals surface area contributed by atoms with Gasteiger partial charge >= 0.3 is 0 Å². The van der Waals surface area contributed by atoms with E-state index in [1.807, 2.05) is 66.0 Å². The van der Waals surface area contributed by atoms with Crippen molar-refractivity contribution in [3.05, 3.63) is 84.1 Å². The summed E-state index contributed by atoms with van der Waals surface area (Å²) in [6.45, 7) is 0.392. The summed E-state index contributed by atoms with van der Waals surface area (Å²) in [5, 5.41) is 2.79. The van der Waals surface area contributed by atoms with E-state index in [0.717, 1.165) is 5.56 Å². The van der Waals surface area contributed by atoms with Crippen molar-refractivity contribution in [1.82, 2.24) is 4.98 Å². The number of amides is 1. The van der Waals surface area contributed by atoms with Crippen LogP contribution < -0.4 is 14.8 Å². The molecule has 1 N–H and O–H groups in total. The van der Waals surface area contributed by atoms with E-state index >= 15 is 0 Å². The van der Waals surface area contributed by atoms with Gasteiger partial charge in [0, 0.05) is 6.07 Å². The lowest BCUT2D eigenvalue weighted by Gasteiger charge is -2.21. The zero-order chi connectivity index (χ0) is 21.3. The summed E-state index contributed by atoms with van der Waals surface area (Å²) in [7, 11) is 0. The van der Waals surface area contributed by atoms with E-state index in [2.05, 4.69) is 22.4 Å². The average molecular weight is 453 g/mol. The summed E-state index contributed by atoms with van der Waals surface area (Å²) < 4.78 is 11.8. The molecule has 5 nitrogen and oxygen atoms in total. The Morgan fingerprint density at radius 2 is 1.74 bits per heavy atom. The molecular formula is C24H24N2O3S2. The van der Waals surface area contributed by atoms with Crippen molar-refractivity contribution in [2.75, 3.05) is 23.4 Å². The number of ether oxygens (including phenoxy) is 2. The number of carbonyl (C=O) groups excluding carboxylic acids is 1. The van der Waals surface area contributed by atoms with E-state index < -0.39 is 0 Å². The lowest BCUT2D eigenvalue weighted by molar-refractivity contribution is -0.118. The van der Waals surface area contributed by atoms with Crippen LogP contribution in [0.3, 0.4) is 0 Å². The van der Waals surface area contributed by atoms with Crippen LogP contribution in [0.25, 0.3) is 0 Å². The summed E-state index contributed by atoms with van der Waals surface area (Å²) in [6.07, 6.45) is 2.85. The second-order valence-corrected chi connectivity index (χ2v) is 9.72. The van der Waals surface area contributed by atoms with Gasteiger partial charge in [-0.2, -0.15) is 0 Å². The van der Waals surface area contributed by atoms with E-state index in [0.29, 0.717) is 28.5 Å². The van der Waals surface area contributed by atoms with E-state index in [4.69, 9.17) is 9.47 Å². The third-order valence-corrected chi connectivity index (χ3v) is 7.61. The largest absolute Gasteiger partial charge is 0.484 e. The van der Waals surface area contributed by atoms with Gasteiger partial charge in [-0.1, -0.05) is 42.5 Å². The SMILES string of the molecule is O=C(COc1ccc(C2SCCCS2)cc1)Nc1ccc(OCc2ccccc2)nc1. The average Bonchev–Trinajstić information content (AvgIpc) is 2.84. The summed E-state index contributed by atoms with van der Waals surface area (Å²) in [6, 6.07) is 21.4. The number of hydrogen-bond acceptors (Lipinski definition) is 6. The first-order chi connectivity index (χ1) is 15.3. The first-order valence-electron chi connectivity index (χ1n) is 10.1. The Morgan fingerprint density at radius 1 is 0.968 bits per heavy atom. The van der Waals surface area contributed by atoms with Gasteiger partial charge in [0.2, 0.25) is 5.88 Å². The van der Waals surface area contributed by atoms with Gasteiger partial charge in [0.1, 0.15) is 12.4 Å². The molecule has 7 heteroatoms. The van der Waals surface area contributed by atoms with E-state index in [9.17, 15) is 4.79 Å². The zero-order valence-electron chi connectivity index (χ0n) is 17.0. The Bertz CT molecular complexity index is 960. The predicted octanol–water partition coefficient (Wildman–Crippen LogP) is 5.55. The molecule has 1 aliphatic rings. The lowest BCUT2D eigenvalue weighted by atomic mass is 10.2. The molecule has 160 valence electrons. The maximum atomic E-state index is 12.2. The zero-order valence-corrected chi connectivity index (χ0v) is 18.7. The van der Waals surface area contributed by atoms with Crippen LogP contribution >= 0.6 is 23.5 Å². The predicted molar refractivity (Wildman–Crippen MR) is 128 cm³/mol. The van der Waals surface area contributed by atoms with Gasteiger partial charge in [-0.25, -0.2) is 4.98 Å². The Labute approximate surface area is 190 Å². The van der Waals surface area contributed by atoms with E-state index in [1.165, 1.54) is 23.5 Å². The van der Waals surface area contributed by atoms with Gasteiger partial charge in [-0.3, -0.25) is 4.79 Å². The molecule has 4 rings (SSSR count). The first-order valence-corrected chi connectivity index (χ1v) is 12.2. The van der Waals surface area contributed by atoms with Gasteiger partial charge in [-0.15, -0.1) is 23.5 Å². The van der Waals surface area contributed by atoms with Crippen LogP contribution in [0.15, 0.2) is 72.9 Å². The van der Waals surface area contributed by atoms with Crippen LogP contribution in [0.5, 0.6) is 11.6 Å². The molecule has 0 spiro atoms. The third kappa shape index (κ3) is 6.67. The molecule has 3 aromatic rings. The topological polar surface area (TPSA) is 60.5 Å². The number of pyridine rings is 1. The molecular weight excluding hydrogens is 428 g/mol. The van der Waals surface area contributed by atoms with Crippen molar-refractivity contribution in [2.24, 2.45) is 0 Å². The summed E-state index contributed by atoms with van der Waals surface area (Å²) in [5.74, 6) is 3.39. The Kier molecular flexibility index (Phi) is 7.74. The number of nitrogens with zero attached hydrogens (tertiary/aromatic N) is 1. The van der Waals surface area contributed by atoms with Gasteiger partial charge < -0.3 is 14.8 Å². The van der Waals surface area contributed by atoms with Crippen LogP contribution in [-0.2, 0) is 11.4 Å². The molecule has 1 amide bonds. The Balaban J connectivity index is 1.21. The monoisotopic (exact) mass is 452 g/mol. The molecule has 0 saturated carbocycles. The minimum atomic E-state index is -0.234.